The molecule has 2 aromatic carbocycles. The van der Waals surface area contributed by atoms with Crippen molar-refractivity contribution in [2.75, 3.05) is 16.8 Å². The quantitative estimate of drug-likeness (QED) is 0.804. The highest BCUT2D eigenvalue weighted by Gasteiger charge is 2.33. The zero-order chi connectivity index (χ0) is 17.7. The third-order valence-electron chi connectivity index (χ3n) is 4.98. The summed E-state index contributed by atoms with van der Waals surface area (Å²) in [5.41, 5.74) is 3.34. The van der Waals surface area contributed by atoms with Crippen LogP contribution in [-0.2, 0) is 11.2 Å². The second-order valence-electron chi connectivity index (χ2n) is 6.70. The highest BCUT2D eigenvalue weighted by molar-refractivity contribution is 6.09. The van der Waals surface area contributed by atoms with Crippen molar-refractivity contribution in [1.29, 1.82) is 0 Å². The molecule has 0 spiro atoms. The molecule has 2 heterocycles. The summed E-state index contributed by atoms with van der Waals surface area (Å²) < 4.78 is 5.64. The van der Waals surface area contributed by atoms with Gasteiger partial charge in [-0.2, -0.15) is 0 Å². The molecule has 0 aliphatic carbocycles. The number of benzene rings is 2. The summed E-state index contributed by atoms with van der Waals surface area (Å²) in [6.07, 6.45) is 0.343. The summed E-state index contributed by atoms with van der Waals surface area (Å²) in [6.45, 7) is 3.78. The summed E-state index contributed by atoms with van der Waals surface area (Å²) >= 11 is 0. The zero-order valence-electron chi connectivity index (χ0n) is 14.5. The van der Waals surface area contributed by atoms with E-state index in [4.69, 9.17) is 4.74 Å². The van der Waals surface area contributed by atoms with E-state index >= 15 is 0 Å². The molecule has 0 radical (unpaired) electrons. The lowest BCUT2D eigenvalue weighted by Crippen LogP contribution is -2.42. The highest BCUT2D eigenvalue weighted by Crippen LogP contribution is 2.37. The van der Waals surface area contributed by atoms with Gasteiger partial charge in [0, 0.05) is 24.3 Å². The molecule has 0 fully saturated rings. The van der Waals surface area contributed by atoms with E-state index in [0.717, 1.165) is 12.1 Å². The molecule has 2 aromatic rings. The molecule has 4 rings (SSSR count). The van der Waals surface area contributed by atoms with Crippen LogP contribution in [0.2, 0.25) is 0 Å². The van der Waals surface area contributed by atoms with E-state index in [0.29, 0.717) is 17.0 Å². The number of likely N-dealkylation sites (N-methyl/N-ethyl adjacent to an activating group) is 1. The van der Waals surface area contributed by atoms with Crippen molar-refractivity contribution < 1.29 is 14.3 Å². The molecule has 0 N–H and O–H groups in total. The van der Waals surface area contributed by atoms with Gasteiger partial charge in [0.1, 0.15) is 5.75 Å². The van der Waals surface area contributed by atoms with Gasteiger partial charge in [-0.05, 0) is 50.1 Å². The van der Waals surface area contributed by atoms with E-state index in [-0.39, 0.29) is 17.9 Å². The fourth-order valence-corrected chi connectivity index (χ4v) is 3.66. The minimum absolute atomic E-state index is 0.0558. The van der Waals surface area contributed by atoms with E-state index < -0.39 is 6.10 Å². The molecule has 2 atom stereocenters. The fourth-order valence-electron chi connectivity index (χ4n) is 3.66. The van der Waals surface area contributed by atoms with Crippen LogP contribution in [0.1, 0.15) is 29.8 Å². The van der Waals surface area contributed by atoms with Gasteiger partial charge in [0.25, 0.3) is 11.8 Å². The summed E-state index contributed by atoms with van der Waals surface area (Å²) in [5.74, 6) is 0.456. The Morgan fingerprint density at radius 2 is 1.88 bits per heavy atom. The Labute approximate surface area is 146 Å². The molecule has 0 saturated heterocycles. The number of amides is 2. The van der Waals surface area contributed by atoms with Gasteiger partial charge in [-0.1, -0.05) is 18.2 Å². The molecule has 0 saturated carbocycles. The molecule has 2 amide bonds. The molecule has 2 aliphatic rings. The maximum absolute atomic E-state index is 13.1. The molecule has 128 valence electrons. The largest absolute Gasteiger partial charge is 0.479 e. The number of carbonyl (C=O) groups is 2. The van der Waals surface area contributed by atoms with Gasteiger partial charge in [0.2, 0.25) is 0 Å². The summed E-state index contributed by atoms with van der Waals surface area (Å²) in [7, 11) is 1.71. The van der Waals surface area contributed by atoms with Gasteiger partial charge in [-0.15, -0.1) is 0 Å². The van der Waals surface area contributed by atoms with Gasteiger partial charge >= 0.3 is 0 Å². The molecule has 0 bridgehead atoms. The normalized spacial score (nSPS) is 21.6. The number of hydrogen-bond donors (Lipinski definition) is 0. The smallest absolute Gasteiger partial charge is 0.267 e. The Bertz CT molecular complexity index is 877. The number of para-hydroxylation sites is 1. The lowest BCUT2D eigenvalue weighted by Gasteiger charge is -2.31. The van der Waals surface area contributed by atoms with Crippen molar-refractivity contribution in [2.45, 2.75) is 32.4 Å². The first-order chi connectivity index (χ1) is 12.0. The van der Waals surface area contributed by atoms with Crippen LogP contribution in [-0.4, -0.2) is 31.0 Å². The third kappa shape index (κ3) is 2.38. The standard InChI is InChI=1S/C20H20N2O3/c1-12-10-14-6-4-5-7-16(14)22(12)20(24)15-8-9-18-17(11-15)21(3)19(23)13(2)25-18/h4-9,11-13H,10H2,1-3H3. The third-order valence-corrected chi connectivity index (χ3v) is 4.98. The first-order valence-electron chi connectivity index (χ1n) is 8.47. The lowest BCUT2D eigenvalue weighted by atomic mass is 10.1. The van der Waals surface area contributed by atoms with Crippen LogP contribution in [0.25, 0.3) is 0 Å². The first-order valence-corrected chi connectivity index (χ1v) is 8.47. The predicted molar refractivity (Wildman–Crippen MR) is 96.4 cm³/mol. The molecular formula is C20H20N2O3. The minimum Gasteiger partial charge on any atom is -0.479 e. The highest BCUT2D eigenvalue weighted by atomic mass is 16.5. The number of ether oxygens (including phenoxy) is 1. The molecule has 2 unspecified atom stereocenters. The number of carbonyl (C=O) groups excluding carboxylic acids is 2. The second kappa shape index (κ2) is 5.62. The van der Waals surface area contributed by atoms with Gasteiger partial charge in [0.05, 0.1) is 5.69 Å². The monoisotopic (exact) mass is 336 g/mol. The van der Waals surface area contributed by atoms with Crippen molar-refractivity contribution in [3.63, 3.8) is 0 Å². The van der Waals surface area contributed by atoms with E-state index in [1.165, 1.54) is 5.56 Å². The average Bonchev–Trinajstić information content (AvgIpc) is 2.94. The Hall–Kier alpha value is -2.82. The van der Waals surface area contributed by atoms with Crippen molar-refractivity contribution in [1.82, 2.24) is 0 Å². The number of hydrogen-bond acceptors (Lipinski definition) is 3. The number of nitrogens with zero attached hydrogens (tertiary/aromatic N) is 2. The molecular weight excluding hydrogens is 316 g/mol. The van der Waals surface area contributed by atoms with Crippen molar-refractivity contribution in [3.05, 3.63) is 53.6 Å². The van der Waals surface area contributed by atoms with Gasteiger partial charge in [-0.25, -0.2) is 0 Å². The minimum atomic E-state index is -0.510. The van der Waals surface area contributed by atoms with Crippen LogP contribution < -0.4 is 14.5 Å². The lowest BCUT2D eigenvalue weighted by molar-refractivity contribution is -0.125. The average molecular weight is 336 g/mol. The first kappa shape index (κ1) is 15.7. The topological polar surface area (TPSA) is 49.9 Å². The Morgan fingerprint density at radius 1 is 1.12 bits per heavy atom. The molecule has 0 aromatic heterocycles. The number of fused-ring (bicyclic) bond motifs is 2. The van der Waals surface area contributed by atoms with Crippen molar-refractivity contribution >= 4 is 23.2 Å². The van der Waals surface area contributed by atoms with Crippen LogP contribution >= 0.6 is 0 Å². The van der Waals surface area contributed by atoms with E-state index in [1.807, 2.05) is 23.1 Å². The van der Waals surface area contributed by atoms with Crippen LogP contribution in [0, 0.1) is 0 Å². The predicted octanol–water partition coefficient (Wildman–Crippen LogP) is 3.02. The van der Waals surface area contributed by atoms with Gasteiger partial charge in [-0.3, -0.25) is 9.59 Å². The second-order valence-corrected chi connectivity index (χ2v) is 6.70. The van der Waals surface area contributed by atoms with Crippen molar-refractivity contribution in [2.24, 2.45) is 0 Å². The van der Waals surface area contributed by atoms with Crippen LogP contribution in [0.5, 0.6) is 5.75 Å². The molecule has 2 aliphatic heterocycles. The van der Waals surface area contributed by atoms with Crippen LogP contribution in [0.3, 0.4) is 0 Å². The van der Waals surface area contributed by atoms with Crippen LogP contribution in [0.4, 0.5) is 11.4 Å². The summed E-state index contributed by atoms with van der Waals surface area (Å²) in [6, 6.07) is 13.4. The van der Waals surface area contributed by atoms with E-state index in [9.17, 15) is 9.59 Å². The van der Waals surface area contributed by atoms with Gasteiger partial charge in [0.15, 0.2) is 6.10 Å². The van der Waals surface area contributed by atoms with E-state index in [1.54, 1.807) is 37.1 Å². The molecule has 25 heavy (non-hydrogen) atoms. The fraction of sp³-hybridized carbons (Fsp3) is 0.300. The zero-order valence-corrected chi connectivity index (χ0v) is 14.5. The summed E-state index contributed by atoms with van der Waals surface area (Å²) in [5, 5.41) is 0. The number of anilines is 2. The Kier molecular flexibility index (Phi) is 3.53. The maximum Gasteiger partial charge on any atom is 0.267 e. The maximum atomic E-state index is 13.1. The Balaban J connectivity index is 1.72. The SMILES string of the molecule is CC1Oc2ccc(C(=O)N3c4ccccc4CC3C)cc2N(C)C1=O. The van der Waals surface area contributed by atoms with Crippen LogP contribution in [0.15, 0.2) is 42.5 Å². The van der Waals surface area contributed by atoms with Crippen molar-refractivity contribution in [3.8, 4) is 5.75 Å². The molecule has 5 nitrogen and oxygen atoms in total. The van der Waals surface area contributed by atoms with E-state index in [2.05, 4.69) is 13.0 Å². The Morgan fingerprint density at radius 3 is 2.68 bits per heavy atom. The summed E-state index contributed by atoms with van der Waals surface area (Å²) in [4.78, 5) is 28.7. The molecule has 5 heteroatoms. The van der Waals surface area contributed by atoms with Gasteiger partial charge < -0.3 is 14.5 Å². The number of rotatable bonds is 1.